The van der Waals surface area contributed by atoms with Crippen LogP contribution in [0.15, 0.2) is 72.8 Å². The smallest absolute Gasteiger partial charge is 0.188 e. The number of phenolic OH excluding ortho intramolecular Hbond substituents is 1. The summed E-state index contributed by atoms with van der Waals surface area (Å²) in [6, 6.07) is 23.4. The molecule has 0 saturated carbocycles. The molecule has 0 amide bonds. The van der Waals surface area contributed by atoms with Crippen LogP contribution in [0, 0.1) is 0 Å². The Hall–Kier alpha value is -2.29. The van der Waals surface area contributed by atoms with Crippen LogP contribution in [0.5, 0.6) is 17.2 Å². The van der Waals surface area contributed by atoms with Gasteiger partial charge >= 0.3 is 0 Å². The van der Waals surface area contributed by atoms with Crippen molar-refractivity contribution >= 4 is 0 Å². The van der Waals surface area contributed by atoms with Crippen molar-refractivity contribution in [3.8, 4) is 17.2 Å². The summed E-state index contributed by atoms with van der Waals surface area (Å²) in [4.78, 5) is 0. The normalized spacial score (nSPS) is 12.5. The van der Waals surface area contributed by atoms with E-state index in [0.29, 0.717) is 0 Å². The van der Waals surface area contributed by atoms with Gasteiger partial charge in [-0.1, -0.05) is 36.4 Å². The Balaban J connectivity index is 0.00000280. The number of hydrogen-bond donors (Lipinski definition) is 1. The number of phenols is 1. The van der Waals surface area contributed by atoms with Gasteiger partial charge in [0.2, 0.25) is 0 Å². The molecule has 0 radical (unpaired) electrons. The van der Waals surface area contributed by atoms with E-state index in [-0.39, 0.29) is 33.6 Å². The molecule has 28 heavy (non-hydrogen) atoms. The predicted octanol–water partition coefficient (Wildman–Crippen LogP) is 4.74. The van der Waals surface area contributed by atoms with Crippen molar-refractivity contribution in [1.29, 1.82) is 0 Å². The Morgan fingerprint density at radius 1 is 0.714 bits per heavy atom. The van der Waals surface area contributed by atoms with Gasteiger partial charge in [0.25, 0.3) is 0 Å². The van der Waals surface area contributed by atoms with E-state index >= 15 is 0 Å². The fourth-order valence-corrected chi connectivity index (χ4v) is 3.23. The van der Waals surface area contributed by atoms with E-state index in [0.717, 1.165) is 28.2 Å². The molecule has 3 aromatic rings. The molecule has 1 atom stereocenters. The number of ether oxygens (including phenoxy) is 3. The Morgan fingerprint density at radius 3 is 1.57 bits per heavy atom. The zero-order valence-corrected chi connectivity index (χ0v) is 19.1. The van der Waals surface area contributed by atoms with E-state index in [1.165, 1.54) is 0 Å². The van der Waals surface area contributed by atoms with E-state index in [1.54, 1.807) is 26.4 Å². The van der Waals surface area contributed by atoms with Crippen molar-refractivity contribution < 1.29 is 40.4 Å². The largest absolute Gasteiger partial charge is 0.508 e. The Labute approximate surface area is 180 Å². The van der Waals surface area contributed by atoms with Crippen LogP contribution in [0.3, 0.4) is 0 Å². The third kappa shape index (κ3) is 4.57. The summed E-state index contributed by atoms with van der Waals surface area (Å²) in [6.45, 7) is 2.39. The van der Waals surface area contributed by atoms with Gasteiger partial charge in [0.15, 0.2) is 6.79 Å². The van der Waals surface area contributed by atoms with Crippen LogP contribution in [0.1, 0.15) is 23.6 Å². The maximum absolute atomic E-state index is 9.71. The quantitative estimate of drug-likeness (QED) is 0.343. The molecular formula is C23H24O4W. The van der Waals surface area contributed by atoms with Gasteiger partial charge in [0, 0.05) is 33.6 Å². The molecular weight excluding hydrogens is 524 g/mol. The number of rotatable bonds is 7. The van der Waals surface area contributed by atoms with Crippen molar-refractivity contribution in [2.45, 2.75) is 12.3 Å². The van der Waals surface area contributed by atoms with Crippen molar-refractivity contribution in [1.82, 2.24) is 0 Å². The van der Waals surface area contributed by atoms with Gasteiger partial charge in [0.1, 0.15) is 17.2 Å². The maximum atomic E-state index is 9.71. The minimum absolute atomic E-state index is 0. The van der Waals surface area contributed by atoms with Crippen LogP contribution < -0.4 is 9.47 Å². The van der Waals surface area contributed by atoms with Crippen LogP contribution in [0.2, 0.25) is 0 Å². The van der Waals surface area contributed by atoms with Crippen LogP contribution in [0.25, 0.3) is 0 Å². The first-order valence-corrected chi connectivity index (χ1v) is 8.74. The van der Waals surface area contributed by atoms with E-state index in [9.17, 15) is 5.11 Å². The van der Waals surface area contributed by atoms with Crippen LogP contribution in [-0.4, -0.2) is 26.1 Å². The second-order valence-corrected chi connectivity index (χ2v) is 6.48. The first kappa shape index (κ1) is 22.0. The van der Waals surface area contributed by atoms with Gasteiger partial charge in [-0.15, -0.1) is 0 Å². The van der Waals surface area contributed by atoms with Crippen molar-refractivity contribution in [2.75, 3.05) is 21.0 Å². The second-order valence-electron chi connectivity index (χ2n) is 6.48. The number of benzene rings is 3. The molecule has 5 heteroatoms. The first-order valence-electron chi connectivity index (χ1n) is 8.74. The zero-order valence-electron chi connectivity index (χ0n) is 16.2. The summed E-state index contributed by atoms with van der Waals surface area (Å²) in [7, 11) is 3.26. The Morgan fingerprint density at radius 2 is 1.14 bits per heavy atom. The molecule has 0 aliphatic rings. The van der Waals surface area contributed by atoms with Gasteiger partial charge in [0.05, 0.1) is 7.11 Å². The van der Waals surface area contributed by atoms with Gasteiger partial charge < -0.3 is 19.3 Å². The molecule has 0 bridgehead atoms. The molecule has 3 aromatic carbocycles. The van der Waals surface area contributed by atoms with Crippen LogP contribution in [0.4, 0.5) is 0 Å². The van der Waals surface area contributed by atoms with Crippen molar-refractivity contribution in [2.24, 2.45) is 0 Å². The second kappa shape index (κ2) is 9.77. The minimum Gasteiger partial charge on any atom is -0.508 e. The van der Waals surface area contributed by atoms with Crippen molar-refractivity contribution in [3.05, 3.63) is 89.5 Å². The van der Waals surface area contributed by atoms with E-state index < -0.39 is 5.41 Å². The van der Waals surface area contributed by atoms with Gasteiger partial charge in [-0.2, -0.15) is 0 Å². The molecule has 3 rings (SSSR count). The van der Waals surface area contributed by atoms with Crippen molar-refractivity contribution in [3.63, 3.8) is 0 Å². The molecule has 146 valence electrons. The fourth-order valence-electron chi connectivity index (χ4n) is 3.23. The molecule has 0 spiro atoms. The number of aromatic hydroxyl groups is 1. The Kier molecular flexibility index (Phi) is 7.68. The summed E-state index contributed by atoms with van der Waals surface area (Å²) in [6.07, 6.45) is 0. The third-order valence-corrected chi connectivity index (χ3v) is 4.89. The zero-order chi connectivity index (χ0) is 19.3. The summed E-state index contributed by atoms with van der Waals surface area (Å²) >= 11 is 0. The average molecular weight is 548 g/mol. The van der Waals surface area contributed by atoms with Gasteiger partial charge in [-0.3, -0.25) is 0 Å². The molecule has 1 unspecified atom stereocenters. The molecule has 0 aliphatic heterocycles. The van der Waals surface area contributed by atoms with Gasteiger partial charge in [-0.05, 0) is 60.0 Å². The summed E-state index contributed by atoms with van der Waals surface area (Å²) in [5.74, 6) is 1.82. The molecule has 0 heterocycles. The summed E-state index contributed by atoms with van der Waals surface area (Å²) in [5, 5.41) is 9.71. The molecule has 0 saturated heterocycles. The molecule has 0 fully saturated rings. The topological polar surface area (TPSA) is 47.9 Å². The van der Waals surface area contributed by atoms with Crippen LogP contribution in [-0.2, 0) is 31.2 Å². The van der Waals surface area contributed by atoms with Gasteiger partial charge in [-0.25, -0.2) is 0 Å². The van der Waals surface area contributed by atoms with E-state index in [4.69, 9.17) is 14.2 Å². The minimum atomic E-state index is -0.403. The third-order valence-electron chi connectivity index (χ3n) is 4.89. The predicted molar refractivity (Wildman–Crippen MR) is 106 cm³/mol. The monoisotopic (exact) mass is 548 g/mol. The van der Waals surface area contributed by atoms with E-state index in [2.05, 4.69) is 31.2 Å². The maximum Gasteiger partial charge on any atom is 0.188 e. The SMILES string of the molecule is COCOc1ccc(C(C)(c2ccc(O)cc2)c2ccc(OC)cc2)cc1.[W]. The summed E-state index contributed by atoms with van der Waals surface area (Å²) < 4.78 is 15.8. The summed E-state index contributed by atoms with van der Waals surface area (Å²) in [5.41, 5.74) is 2.92. The van der Waals surface area contributed by atoms with E-state index in [1.807, 2.05) is 36.4 Å². The first-order chi connectivity index (χ1) is 13.1. The molecule has 0 aliphatic carbocycles. The molecule has 0 aromatic heterocycles. The molecule has 1 N–H and O–H groups in total. The standard InChI is InChI=1S/C23H24O4.W/c1-23(17-4-10-20(24)11-5-17,18-6-12-21(26-3)13-7-18)19-8-14-22(15-9-19)27-16-25-2;/h4-15,24H,16H2,1-3H3;. The average Bonchev–Trinajstić information content (AvgIpc) is 2.72. The van der Waals surface area contributed by atoms with Crippen LogP contribution >= 0.6 is 0 Å². The fraction of sp³-hybridized carbons (Fsp3) is 0.217. The molecule has 4 nitrogen and oxygen atoms in total. The Bertz CT molecular complexity index is 861. The number of hydrogen-bond acceptors (Lipinski definition) is 4. The number of methoxy groups -OCH3 is 2.